The van der Waals surface area contributed by atoms with Crippen molar-refractivity contribution in [2.75, 3.05) is 25.4 Å². The van der Waals surface area contributed by atoms with Crippen LogP contribution in [0.15, 0.2) is 54.6 Å². The minimum absolute atomic E-state index is 0.00730. The van der Waals surface area contributed by atoms with Crippen LogP contribution in [-0.2, 0) is 26.3 Å². The van der Waals surface area contributed by atoms with Gasteiger partial charge in [0.1, 0.15) is 0 Å². The molecule has 0 atom stereocenters. The van der Waals surface area contributed by atoms with Crippen LogP contribution in [0.5, 0.6) is 0 Å². The second-order valence-corrected chi connectivity index (χ2v) is 10.8. The quantitative estimate of drug-likeness (QED) is 0.568. The number of amides is 1. The number of hydrogen-bond donors (Lipinski definition) is 1. The number of benzene rings is 2. The third-order valence-electron chi connectivity index (χ3n) is 5.17. The van der Waals surface area contributed by atoms with Crippen LogP contribution in [0, 0.1) is 5.92 Å². The number of carbonyl (C=O) groups is 1. The first kappa shape index (κ1) is 23.1. The van der Waals surface area contributed by atoms with E-state index in [2.05, 4.69) is 5.32 Å². The summed E-state index contributed by atoms with van der Waals surface area (Å²) in [5.74, 6) is 1.53. The summed E-state index contributed by atoms with van der Waals surface area (Å²) in [5.41, 5.74) is 1.88. The number of halogens is 1. The Morgan fingerprint density at radius 2 is 1.73 bits per heavy atom. The highest BCUT2D eigenvalue weighted by Gasteiger charge is 2.30. The largest absolute Gasteiger partial charge is 0.355 e. The van der Waals surface area contributed by atoms with Gasteiger partial charge in [-0.05, 0) is 30.0 Å². The summed E-state index contributed by atoms with van der Waals surface area (Å²) in [4.78, 5) is 12.4. The number of thioether (sulfide) groups is 1. The number of piperidine rings is 1. The van der Waals surface area contributed by atoms with E-state index in [1.54, 1.807) is 11.8 Å². The third-order valence-corrected chi connectivity index (χ3v) is 8.40. The Morgan fingerprint density at radius 3 is 2.43 bits per heavy atom. The van der Waals surface area contributed by atoms with Gasteiger partial charge in [0.15, 0.2) is 0 Å². The zero-order chi connectivity index (χ0) is 21.4. The van der Waals surface area contributed by atoms with E-state index < -0.39 is 10.0 Å². The maximum absolute atomic E-state index is 12.6. The fourth-order valence-corrected chi connectivity index (χ4v) is 6.17. The Hall–Kier alpha value is -1.54. The summed E-state index contributed by atoms with van der Waals surface area (Å²) in [6.07, 6.45) is 1.12. The van der Waals surface area contributed by atoms with Crippen molar-refractivity contribution in [1.29, 1.82) is 0 Å². The molecule has 5 nitrogen and oxygen atoms in total. The highest BCUT2D eigenvalue weighted by Crippen LogP contribution is 2.22. The standard InChI is InChI=1S/C22H27ClN2O3S2/c23-21-9-5-4-8-20(21)16-29-15-12-24-22(26)19-10-13-25(14-11-19)30(27,28)17-18-6-2-1-3-7-18/h1-9,19H,10-17H2,(H,24,26). The number of sulfonamides is 1. The summed E-state index contributed by atoms with van der Waals surface area (Å²) >= 11 is 7.88. The lowest BCUT2D eigenvalue weighted by Gasteiger charge is -2.30. The van der Waals surface area contributed by atoms with Crippen molar-refractivity contribution in [2.24, 2.45) is 5.92 Å². The van der Waals surface area contributed by atoms with Gasteiger partial charge in [-0.15, -0.1) is 0 Å². The molecule has 1 fully saturated rings. The van der Waals surface area contributed by atoms with E-state index in [9.17, 15) is 13.2 Å². The predicted molar refractivity (Wildman–Crippen MR) is 124 cm³/mol. The first-order valence-electron chi connectivity index (χ1n) is 10.1. The third kappa shape index (κ3) is 6.74. The highest BCUT2D eigenvalue weighted by atomic mass is 35.5. The van der Waals surface area contributed by atoms with Crippen molar-refractivity contribution in [2.45, 2.75) is 24.3 Å². The molecule has 8 heteroatoms. The second-order valence-electron chi connectivity index (χ2n) is 7.35. The molecular weight excluding hydrogens is 440 g/mol. The smallest absolute Gasteiger partial charge is 0.223 e. The monoisotopic (exact) mass is 466 g/mol. The molecule has 1 aliphatic heterocycles. The molecule has 0 aromatic heterocycles. The summed E-state index contributed by atoms with van der Waals surface area (Å²) < 4.78 is 26.8. The Balaban J connectivity index is 1.36. The van der Waals surface area contributed by atoms with Crippen LogP contribution in [0.1, 0.15) is 24.0 Å². The van der Waals surface area contributed by atoms with Crippen molar-refractivity contribution < 1.29 is 13.2 Å². The van der Waals surface area contributed by atoms with E-state index in [1.807, 2.05) is 54.6 Å². The summed E-state index contributed by atoms with van der Waals surface area (Å²) in [7, 11) is -3.35. The van der Waals surface area contributed by atoms with E-state index in [4.69, 9.17) is 11.6 Å². The summed E-state index contributed by atoms with van der Waals surface area (Å²) in [6, 6.07) is 17.0. The van der Waals surface area contributed by atoms with Crippen molar-refractivity contribution in [3.8, 4) is 0 Å². The lowest BCUT2D eigenvalue weighted by molar-refractivity contribution is -0.125. The minimum atomic E-state index is -3.35. The fraction of sp³-hybridized carbons (Fsp3) is 0.409. The van der Waals surface area contributed by atoms with Crippen molar-refractivity contribution >= 4 is 39.3 Å². The summed E-state index contributed by atoms with van der Waals surface area (Å²) in [5, 5.41) is 3.75. The van der Waals surface area contributed by atoms with E-state index in [0.717, 1.165) is 27.7 Å². The normalized spacial score (nSPS) is 15.8. The molecular formula is C22H27ClN2O3S2. The van der Waals surface area contributed by atoms with Gasteiger partial charge in [-0.25, -0.2) is 12.7 Å². The van der Waals surface area contributed by atoms with Gasteiger partial charge in [-0.1, -0.05) is 60.1 Å². The lowest BCUT2D eigenvalue weighted by atomic mass is 9.97. The molecule has 1 aliphatic rings. The minimum Gasteiger partial charge on any atom is -0.355 e. The first-order valence-corrected chi connectivity index (χ1v) is 13.2. The Bertz CT molecular complexity index is 930. The van der Waals surface area contributed by atoms with Crippen LogP contribution in [-0.4, -0.2) is 44.0 Å². The van der Waals surface area contributed by atoms with E-state index >= 15 is 0 Å². The molecule has 1 amide bonds. The maximum atomic E-state index is 12.6. The Labute approximate surface area is 188 Å². The average Bonchev–Trinajstić information content (AvgIpc) is 2.75. The Morgan fingerprint density at radius 1 is 1.07 bits per heavy atom. The number of nitrogens with one attached hydrogen (secondary N) is 1. The molecule has 0 saturated carbocycles. The van der Waals surface area contributed by atoms with Gasteiger partial charge in [-0.3, -0.25) is 4.79 Å². The molecule has 1 N–H and O–H groups in total. The number of hydrogen-bond acceptors (Lipinski definition) is 4. The zero-order valence-electron chi connectivity index (χ0n) is 16.8. The lowest BCUT2D eigenvalue weighted by Crippen LogP contribution is -2.43. The van der Waals surface area contributed by atoms with Crippen molar-refractivity contribution in [3.63, 3.8) is 0 Å². The molecule has 0 unspecified atom stereocenters. The molecule has 162 valence electrons. The van der Waals surface area contributed by atoms with Gasteiger partial charge >= 0.3 is 0 Å². The fourth-order valence-electron chi connectivity index (χ4n) is 3.46. The Kier molecular flexibility index (Phi) is 8.62. The molecule has 1 heterocycles. The topological polar surface area (TPSA) is 66.5 Å². The van der Waals surface area contributed by atoms with Crippen LogP contribution in [0.2, 0.25) is 5.02 Å². The first-order chi connectivity index (χ1) is 14.5. The summed E-state index contributed by atoms with van der Waals surface area (Å²) in [6.45, 7) is 1.39. The number of rotatable bonds is 9. The predicted octanol–water partition coefficient (Wildman–Crippen LogP) is 3.93. The van der Waals surface area contributed by atoms with Crippen LogP contribution < -0.4 is 5.32 Å². The van der Waals surface area contributed by atoms with Gasteiger partial charge in [-0.2, -0.15) is 11.8 Å². The van der Waals surface area contributed by atoms with Crippen molar-refractivity contribution in [3.05, 3.63) is 70.7 Å². The molecule has 0 aliphatic carbocycles. The highest BCUT2D eigenvalue weighted by molar-refractivity contribution is 7.98. The zero-order valence-corrected chi connectivity index (χ0v) is 19.2. The molecule has 30 heavy (non-hydrogen) atoms. The molecule has 2 aromatic carbocycles. The van der Waals surface area contributed by atoms with E-state index in [-0.39, 0.29) is 17.6 Å². The van der Waals surface area contributed by atoms with Gasteiger partial charge < -0.3 is 5.32 Å². The van der Waals surface area contributed by atoms with Gasteiger partial charge in [0.25, 0.3) is 0 Å². The van der Waals surface area contributed by atoms with Crippen molar-refractivity contribution in [1.82, 2.24) is 9.62 Å². The van der Waals surface area contributed by atoms with Crippen LogP contribution >= 0.6 is 23.4 Å². The molecule has 0 spiro atoms. The van der Waals surface area contributed by atoms with E-state index in [1.165, 1.54) is 4.31 Å². The SMILES string of the molecule is O=C(NCCSCc1ccccc1Cl)C1CCN(S(=O)(=O)Cc2ccccc2)CC1. The molecule has 2 aromatic rings. The average molecular weight is 467 g/mol. The maximum Gasteiger partial charge on any atom is 0.223 e. The molecule has 1 saturated heterocycles. The van der Waals surface area contributed by atoms with Crippen LogP contribution in [0.4, 0.5) is 0 Å². The number of carbonyl (C=O) groups excluding carboxylic acids is 1. The van der Waals surface area contributed by atoms with Gasteiger partial charge in [0.2, 0.25) is 15.9 Å². The van der Waals surface area contributed by atoms with Crippen LogP contribution in [0.25, 0.3) is 0 Å². The van der Waals surface area contributed by atoms with Gasteiger partial charge in [0, 0.05) is 42.1 Å². The second kappa shape index (κ2) is 11.2. The molecule has 0 radical (unpaired) electrons. The van der Waals surface area contributed by atoms with Gasteiger partial charge in [0.05, 0.1) is 5.75 Å². The molecule has 3 rings (SSSR count). The van der Waals surface area contributed by atoms with E-state index in [0.29, 0.717) is 32.5 Å². The molecule has 0 bridgehead atoms. The van der Waals surface area contributed by atoms with Crippen LogP contribution in [0.3, 0.4) is 0 Å². The number of nitrogens with zero attached hydrogens (tertiary/aromatic N) is 1.